The lowest BCUT2D eigenvalue weighted by Crippen LogP contribution is -1.94. The van der Waals surface area contributed by atoms with E-state index in [4.69, 9.17) is 0 Å². The minimum Gasteiger partial charge on any atom is -0.309 e. The molecule has 0 N–H and O–H groups in total. The highest BCUT2D eigenvalue weighted by molar-refractivity contribution is 6.12. The van der Waals surface area contributed by atoms with Gasteiger partial charge in [0.1, 0.15) is 0 Å². The smallest absolute Gasteiger partial charge is 0.0541 e. The minimum atomic E-state index is 1.01. The van der Waals surface area contributed by atoms with Crippen LogP contribution in [0.3, 0.4) is 0 Å². The summed E-state index contributed by atoms with van der Waals surface area (Å²) >= 11 is 0. The predicted octanol–water partition coefficient (Wildman–Crippen LogP) is 15.8. The zero-order valence-electron chi connectivity index (χ0n) is 33.8. The number of benzene rings is 9. The summed E-state index contributed by atoms with van der Waals surface area (Å²) in [6, 6.07) is 76.0. The van der Waals surface area contributed by atoms with Gasteiger partial charge in [-0.25, -0.2) is 0 Å². The summed E-state index contributed by atoms with van der Waals surface area (Å²) in [7, 11) is 0. The van der Waals surface area contributed by atoms with Gasteiger partial charge in [0.05, 0.1) is 22.1 Å². The Bertz CT molecular complexity index is 3470. The van der Waals surface area contributed by atoms with Crippen molar-refractivity contribution in [1.29, 1.82) is 0 Å². The highest BCUT2D eigenvalue weighted by Crippen LogP contribution is 2.42. The standard InChI is InChI=1S/C55H36N2.C4H6/c1-3-12-36(13-4-1)38-24-27-54-50(33-38)51-35-40(25-29-55(51)56(54)44-16-5-2-6-17-44)37-15-11-18-45(31-37)57-52-21-10-9-20-47(52)49-34-41(26-28-53(49)57)39-22-23-43-30-42-14-7-8-19-46(42)48(43)32-39;1-3-4-2/h1-29,31-35H,30H2;3-4H,1-2H2. The molecule has 1 aliphatic carbocycles. The molecule has 0 bridgehead atoms. The Labute approximate surface area is 356 Å². The molecule has 0 radical (unpaired) electrons. The van der Waals surface area contributed by atoms with E-state index in [2.05, 4.69) is 229 Å². The van der Waals surface area contributed by atoms with E-state index >= 15 is 0 Å². The van der Waals surface area contributed by atoms with Crippen LogP contribution >= 0.6 is 0 Å². The molecular weight excluding hydrogens is 737 g/mol. The van der Waals surface area contributed by atoms with Crippen molar-refractivity contribution in [2.45, 2.75) is 6.42 Å². The van der Waals surface area contributed by atoms with Crippen LogP contribution in [0.5, 0.6) is 0 Å². The summed E-state index contributed by atoms with van der Waals surface area (Å²) in [6.45, 7) is 6.72. The fourth-order valence-electron chi connectivity index (χ4n) is 9.43. The van der Waals surface area contributed by atoms with Crippen molar-refractivity contribution in [3.63, 3.8) is 0 Å². The second kappa shape index (κ2) is 15.0. The summed E-state index contributed by atoms with van der Waals surface area (Å²) in [4.78, 5) is 0. The number of fused-ring (bicyclic) bond motifs is 9. The maximum Gasteiger partial charge on any atom is 0.0541 e. The third kappa shape index (κ3) is 6.20. The maximum absolute atomic E-state index is 3.36. The second-order valence-corrected chi connectivity index (χ2v) is 15.8. The Balaban J connectivity index is 0.00000101. The van der Waals surface area contributed by atoms with Gasteiger partial charge in [-0.2, -0.15) is 0 Å². The van der Waals surface area contributed by atoms with Gasteiger partial charge in [-0.15, -0.1) is 0 Å². The second-order valence-electron chi connectivity index (χ2n) is 15.8. The maximum atomic E-state index is 3.36. The average Bonchev–Trinajstić information content (AvgIpc) is 3.99. The molecule has 0 unspecified atom stereocenters. The lowest BCUT2D eigenvalue weighted by Gasteiger charge is -2.12. The van der Waals surface area contributed by atoms with Crippen LogP contribution in [0.4, 0.5) is 0 Å². The molecular formula is C59H42N2. The van der Waals surface area contributed by atoms with Crippen LogP contribution in [-0.2, 0) is 6.42 Å². The van der Waals surface area contributed by atoms with E-state index in [1.165, 1.54) is 99.2 Å². The van der Waals surface area contributed by atoms with Gasteiger partial charge in [0.15, 0.2) is 0 Å². The molecule has 12 rings (SSSR count). The lowest BCUT2D eigenvalue weighted by atomic mass is 9.97. The third-order valence-electron chi connectivity index (χ3n) is 12.3. The number of para-hydroxylation sites is 2. The van der Waals surface area contributed by atoms with E-state index in [1.54, 1.807) is 12.2 Å². The summed E-state index contributed by atoms with van der Waals surface area (Å²) in [5.74, 6) is 0. The van der Waals surface area contributed by atoms with Crippen LogP contribution in [0.2, 0.25) is 0 Å². The first-order valence-electron chi connectivity index (χ1n) is 20.9. The number of allylic oxidation sites excluding steroid dienone is 2. The summed E-state index contributed by atoms with van der Waals surface area (Å²) in [6.07, 6.45) is 4.29. The van der Waals surface area contributed by atoms with Crippen molar-refractivity contribution in [2.75, 3.05) is 0 Å². The fraction of sp³-hybridized carbons (Fsp3) is 0.0169. The molecule has 0 aliphatic heterocycles. The molecule has 2 nitrogen and oxygen atoms in total. The number of aromatic nitrogens is 2. The van der Waals surface area contributed by atoms with Crippen LogP contribution in [0.25, 0.3) is 99.5 Å². The monoisotopic (exact) mass is 778 g/mol. The summed E-state index contributed by atoms with van der Waals surface area (Å²) < 4.78 is 4.83. The quantitative estimate of drug-likeness (QED) is 0.149. The van der Waals surface area contributed by atoms with Gasteiger partial charge in [0.2, 0.25) is 0 Å². The summed E-state index contributed by atoms with van der Waals surface area (Å²) in [5.41, 5.74) is 20.0. The average molecular weight is 779 g/mol. The van der Waals surface area contributed by atoms with Gasteiger partial charge in [0.25, 0.3) is 0 Å². The van der Waals surface area contributed by atoms with E-state index in [0.29, 0.717) is 0 Å². The van der Waals surface area contributed by atoms with Gasteiger partial charge < -0.3 is 9.13 Å². The van der Waals surface area contributed by atoms with E-state index < -0.39 is 0 Å². The van der Waals surface area contributed by atoms with Crippen LogP contribution in [-0.4, -0.2) is 9.13 Å². The van der Waals surface area contributed by atoms with Crippen molar-refractivity contribution in [2.24, 2.45) is 0 Å². The molecule has 11 aromatic rings. The largest absolute Gasteiger partial charge is 0.309 e. The minimum absolute atomic E-state index is 1.01. The first-order chi connectivity index (χ1) is 30.2. The van der Waals surface area contributed by atoms with Crippen LogP contribution in [0, 0.1) is 0 Å². The molecule has 288 valence electrons. The molecule has 0 spiro atoms. The van der Waals surface area contributed by atoms with Crippen molar-refractivity contribution < 1.29 is 0 Å². The lowest BCUT2D eigenvalue weighted by molar-refractivity contribution is 1.18. The topological polar surface area (TPSA) is 9.86 Å². The molecule has 9 aromatic carbocycles. The van der Waals surface area contributed by atoms with E-state index in [9.17, 15) is 0 Å². The molecule has 61 heavy (non-hydrogen) atoms. The van der Waals surface area contributed by atoms with Crippen molar-refractivity contribution in [3.05, 3.63) is 243 Å². The van der Waals surface area contributed by atoms with Crippen LogP contribution in [0.1, 0.15) is 11.1 Å². The molecule has 0 amide bonds. The molecule has 0 fully saturated rings. The van der Waals surface area contributed by atoms with Crippen molar-refractivity contribution in [3.8, 4) is 55.9 Å². The summed E-state index contributed by atoms with van der Waals surface area (Å²) in [5, 5.41) is 5.02. The molecule has 1 aliphatic rings. The molecule has 0 atom stereocenters. The van der Waals surface area contributed by atoms with Gasteiger partial charge in [0, 0.05) is 32.9 Å². The van der Waals surface area contributed by atoms with Crippen LogP contribution < -0.4 is 0 Å². The van der Waals surface area contributed by atoms with Gasteiger partial charge >= 0.3 is 0 Å². The number of hydrogen-bond donors (Lipinski definition) is 0. The first kappa shape index (κ1) is 36.2. The Kier molecular flexibility index (Phi) is 8.90. The SMILES string of the molecule is C=CC=C.c1ccc(-c2ccc3c(c2)c2cc(-c4cccc(-n5c6ccccc6c6cc(-c7ccc8c(c7)-c7ccccc7C8)ccc65)c4)ccc2n3-c2ccccc2)cc1. The van der Waals surface area contributed by atoms with E-state index in [0.717, 1.165) is 17.8 Å². The van der Waals surface area contributed by atoms with E-state index in [-0.39, 0.29) is 0 Å². The highest BCUT2D eigenvalue weighted by Gasteiger charge is 2.20. The van der Waals surface area contributed by atoms with Crippen molar-refractivity contribution >= 4 is 43.6 Å². The zero-order valence-corrected chi connectivity index (χ0v) is 33.8. The highest BCUT2D eigenvalue weighted by atomic mass is 15.0. The number of rotatable bonds is 6. The van der Waals surface area contributed by atoms with Gasteiger partial charge in [-0.3, -0.25) is 0 Å². The van der Waals surface area contributed by atoms with Crippen molar-refractivity contribution in [1.82, 2.24) is 9.13 Å². The first-order valence-corrected chi connectivity index (χ1v) is 20.9. The zero-order chi connectivity index (χ0) is 40.9. The van der Waals surface area contributed by atoms with Gasteiger partial charge in [-0.1, -0.05) is 159 Å². The number of hydrogen-bond acceptors (Lipinski definition) is 0. The van der Waals surface area contributed by atoms with E-state index in [1.807, 2.05) is 0 Å². The molecule has 0 saturated carbocycles. The molecule has 2 aromatic heterocycles. The Morgan fingerprint density at radius 2 is 0.770 bits per heavy atom. The predicted molar refractivity (Wildman–Crippen MR) is 260 cm³/mol. The molecule has 0 saturated heterocycles. The van der Waals surface area contributed by atoms with Crippen LogP contribution in [0.15, 0.2) is 232 Å². The van der Waals surface area contributed by atoms with Gasteiger partial charge in [-0.05, 0) is 135 Å². The number of nitrogens with zero attached hydrogens (tertiary/aromatic N) is 2. The molecule has 2 heteroatoms. The Morgan fingerprint density at radius 1 is 0.311 bits per heavy atom. The Hall–Kier alpha value is -7.94. The Morgan fingerprint density at radius 3 is 1.46 bits per heavy atom. The normalized spacial score (nSPS) is 11.7. The molecule has 2 heterocycles. The fourth-order valence-corrected chi connectivity index (χ4v) is 9.43. The third-order valence-corrected chi connectivity index (χ3v) is 12.3.